The smallest absolute Gasteiger partial charge is 0.416 e. The standard InChI is InChI=1S/C19H18ClF3N2O5S/c1-29-18(26)12-2-4-14(20)17(10-12)31(27,28)24-15-11-13(19(21,22)23)3-5-16(15)25-6-8-30-9-7-25/h2-5,10-11,24H,6-9H2,1H3. The molecule has 0 amide bonds. The summed E-state index contributed by atoms with van der Waals surface area (Å²) in [4.78, 5) is 13.0. The number of morpholine rings is 1. The maximum atomic E-state index is 13.3. The van der Waals surface area contributed by atoms with Gasteiger partial charge in [0.1, 0.15) is 4.90 Å². The Labute approximate surface area is 181 Å². The summed E-state index contributed by atoms with van der Waals surface area (Å²) in [5.74, 6) is -0.791. The van der Waals surface area contributed by atoms with Crippen molar-refractivity contribution in [2.45, 2.75) is 11.1 Å². The predicted octanol–water partition coefficient (Wildman–Crippen LogP) is 3.78. The van der Waals surface area contributed by atoms with Crippen LogP contribution in [-0.2, 0) is 25.7 Å². The lowest BCUT2D eigenvalue weighted by Crippen LogP contribution is -2.36. The van der Waals surface area contributed by atoms with Gasteiger partial charge < -0.3 is 14.4 Å². The number of nitrogens with zero attached hydrogens (tertiary/aromatic N) is 1. The molecule has 1 fully saturated rings. The van der Waals surface area contributed by atoms with Crippen LogP contribution in [0.25, 0.3) is 0 Å². The number of methoxy groups -OCH3 is 1. The van der Waals surface area contributed by atoms with Gasteiger partial charge in [-0.05, 0) is 36.4 Å². The minimum Gasteiger partial charge on any atom is -0.465 e. The molecule has 0 saturated carbocycles. The third-order valence-electron chi connectivity index (χ3n) is 4.56. The number of hydrogen-bond donors (Lipinski definition) is 1. The van der Waals surface area contributed by atoms with E-state index in [0.717, 1.165) is 25.3 Å². The number of ether oxygens (including phenoxy) is 2. The number of carbonyl (C=O) groups is 1. The molecule has 1 saturated heterocycles. The highest BCUT2D eigenvalue weighted by atomic mass is 35.5. The summed E-state index contributed by atoms with van der Waals surface area (Å²) in [6.45, 7) is 1.44. The highest BCUT2D eigenvalue weighted by Crippen LogP contribution is 2.37. The van der Waals surface area contributed by atoms with Gasteiger partial charge in [0.25, 0.3) is 10.0 Å². The second-order valence-electron chi connectivity index (χ2n) is 6.57. The number of halogens is 4. The molecule has 168 valence electrons. The molecular formula is C19H18ClF3N2O5S. The van der Waals surface area contributed by atoms with Crippen molar-refractivity contribution in [1.29, 1.82) is 0 Å². The number of benzene rings is 2. The maximum Gasteiger partial charge on any atom is 0.416 e. The van der Waals surface area contributed by atoms with Gasteiger partial charge in [-0.1, -0.05) is 11.6 Å². The lowest BCUT2D eigenvalue weighted by Gasteiger charge is -2.31. The topological polar surface area (TPSA) is 84.9 Å². The average Bonchev–Trinajstić information content (AvgIpc) is 2.73. The van der Waals surface area contributed by atoms with Gasteiger partial charge in [-0.2, -0.15) is 13.2 Å². The van der Waals surface area contributed by atoms with Gasteiger partial charge in [-0.15, -0.1) is 0 Å². The molecule has 12 heteroatoms. The molecule has 0 bridgehead atoms. The van der Waals surface area contributed by atoms with E-state index in [2.05, 4.69) is 9.46 Å². The van der Waals surface area contributed by atoms with E-state index in [-0.39, 0.29) is 22.0 Å². The first-order valence-electron chi connectivity index (χ1n) is 8.97. The fourth-order valence-corrected chi connectivity index (χ4v) is 4.62. The summed E-state index contributed by atoms with van der Waals surface area (Å²) in [6.07, 6.45) is -4.67. The molecule has 0 radical (unpaired) electrons. The first-order valence-corrected chi connectivity index (χ1v) is 10.8. The monoisotopic (exact) mass is 478 g/mol. The molecule has 7 nitrogen and oxygen atoms in total. The third kappa shape index (κ3) is 5.23. The van der Waals surface area contributed by atoms with E-state index < -0.39 is 32.6 Å². The van der Waals surface area contributed by atoms with Crippen LogP contribution < -0.4 is 9.62 Å². The second kappa shape index (κ2) is 8.93. The van der Waals surface area contributed by atoms with E-state index in [1.54, 1.807) is 4.90 Å². The Morgan fingerprint density at radius 1 is 1.16 bits per heavy atom. The summed E-state index contributed by atoms with van der Waals surface area (Å²) < 4.78 is 77.8. The van der Waals surface area contributed by atoms with Gasteiger partial charge in [0, 0.05) is 13.1 Å². The molecule has 0 atom stereocenters. The number of sulfonamides is 1. The van der Waals surface area contributed by atoms with Crippen LogP contribution in [0.4, 0.5) is 24.5 Å². The lowest BCUT2D eigenvalue weighted by atomic mass is 10.1. The highest BCUT2D eigenvalue weighted by Gasteiger charge is 2.32. The van der Waals surface area contributed by atoms with Crippen LogP contribution in [0.15, 0.2) is 41.3 Å². The van der Waals surface area contributed by atoms with Gasteiger partial charge in [0.15, 0.2) is 0 Å². The van der Waals surface area contributed by atoms with E-state index in [1.807, 2.05) is 0 Å². The molecular weight excluding hydrogens is 461 g/mol. The highest BCUT2D eigenvalue weighted by molar-refractivity contribution is 7.92. The van der Waals surface area contributed by atoms with Crippen molar-refractivity contribution in [1.82, 2.24) is 0 Å². The third-order valence-corrected chi connectivity index (χ3v) is 6.41. The first-order chi connectivity index (χ1) is 14.5. The van der Waals surface area contributed by atoms with Crippen LogP contribution in [0, 0.1) is 0 Å². The number of rotatable bonds is 5. The average molecular weight is 479 g/mol. The van der Waals surface area contributed by atoms with E-state index in [1.165, 1.54) is 18.2 Å². The second-order valence-corrected chi connectivity index (χ2v) is 8.63. The predicted molar refractivity (Wildman–Crippen MR) is 108 cm³/mol. The van der Waals surface area contributed by atoms with Crippen molar-refractivity contribution in [3.8, 4) is 0 Å². The molecule has 31 heavy (non-hydrogen) atoms. The Balaban J connectivity index is 2.06. The number of nitrogens with one attached hydrogen (secondary N) is 1. The van der Waals surface area contributed by atoms with Crippen molar-refractivity contribution in [3.05, 3.63) is 52.5 Å². The summed E-state index contributed by atoms with van der Waals surface area (Å²) in [5, 5.41) is -0.208. The summed E-state index contributed by atoms with van der Waals surface area (Å²) >= 11 is 6.01. The van der Waals surface area contributed by atoms with Gasteiger partial charge in [-0.25, -0.2) is 13.2 Å². The molecule has 2 aromatic carbocycles. The molecule has 0 aliphatic carbocycles. The van der Waals surface area contributed by atoms with Crippen molar-refractivity contribution in [2.75, 3.05) is 43.0 Å². The Morgan fingerprint density at radius 3 is 2.45 bits per heavy atom. The number of alkyl halides is 3. The van der Waals surface area contributed by atoms with E-state index >= 15 is 0 Å². The molecule has 3 rings (SSSR count). The Kier molecular flexibility index (Phi) is 6.68. The minimum atomic E-state index is -4.67. The number of anilines is 2. The van der Waals surface area contributed by atoms with Crippen molar-refractivity contribution >= 4 is 39.0 Å². The van der Waals surface area contributed by atoms with Crippen LogP contribution in [0.2, 0.25) is 5.02 Å². The van der Waals surface area contributed by atoms with Crippen LogP contribution in [-0.4, -0.2) is 47.8 Å². The minimum absolute atomic E-state index is 0.0790. The maximum absolute atomic E-state index is 13.3. The Hall–Kier alpha value is -2.50. The molecule has 0 unspecified atom stereocenters. The fourth-order valence-electron chi connectivity index (χ4n) is 3.03. The zero-order chi connectivity index (χ0) is 22.8. The first kappa shape index (κ1) is 23.2. The van der Waals surface area contributed by atoms with Crippen molar-refractivity contribution in [2.24, 2.45) is 0 Å². The molecule has 1 N–H and O–H groups in total. The molecule has 1 aliphatic rings. The summed E-state index contributed by atoms with van der Waals surface area (Å²) in [5.41, 5.74) is -1.10. The molecule has 0 spiro atoms. The van der Waals surface area contributed by atoms with Gasteiger partial charge in [0.2, 0.25) is 0 Å². The van der Waals surface area contributed by atoms with Gasteiger partial charge >= 0.3 is 12.1 Å². The molecule has 1 heterocycles. The van der Waals surface area contributed by atoms with Gasteiger partial charge in [-0.3, -0.25) is 4.72 Å². The van der Waals surface area contributed by atoms with Crippen molar-refractivity contribution in [3.63, 3.8) is 0 Å². The van der Waals surface area contributed by atoms with E-state index in [0.29, 0.717) is 26.3 Å². The number of esters is 1. The quantitative estimate of drug-likeness (QED) is 0.658. The summed E-state index contributed by atoms with van der Waals surface area (Å²) in [7, 11) is -3.32. The van der Waals surface area contributed by atoms with Gasteiger partial charge in [0.05, 0.1) is 47.8 Å². The largest absolute Gasteiger partial charge is 0.465 e. The normalized spacial score (nSPS) is 14.9. The Morgan fingerprint density at radius 2 is 1.84 bits per heavy atom. The lowest BCUT2D eigenvalue weighted by molar-refractivity contribution is -0.137. The molecule has 2 aromatic rings. The van der Waals surface area contributed by atoms with Crippen LogP contribution >= 0.6 is 11.6 Å². The van der Waals surface area contributed by atoms with E-state index in [9.17, 15) is 26.4 Å². The number of hydrogen-bond acceptors (Lipinski definition) is 6. The zero-order valence-electron chi connectivity index (χ0n) is 16.2. The van der Waals surface area contributed by atoms with Crippen LogP contribution in [0.3, 0.4) is 0 Å². The number of carbonyl (C=O) groups excluding carboxylic acids is 1. The van der Waals surface area contributed by atoms with Crippen LogP contribution in [0.5, 0.6) is 0 Å². The summed E-state index contributed by atoms with van der Waals surface area (Å²) in [6, 6.07) is 6.28. The van der Waals surface area contributed by atoms with E-state index in [4.69, 9.17) is 16.3 Å². The molecule has 1 aliphatic heterocycles. The van der Waals surface area contributed by atoms with Crippen LogP contribution in [0.1, 0.15) is 15.9 Å². The van der Waals surface area contributed by atoms with Crippen molar-refractivity contribution < 1.29 is 35.9 Å². The zero-order valence-corrected chi connectivity index (χ0v) is 17.8. The SMILES string of the molecule is COC(=O)c1ccc(Cl)c(S(=O)(=O)Nc2cc(C(F)(F)F)ccc2N2CCOCC2)c1. The fraction of sp³-hybridized carbons (Fsp3) is 0.316. The molecule has 0 aromatic heterocycles. The Bertz CT molecular complexity index is 1090.